The molecule has 5 heteroatoms. The average molecular weight is 356 g/mol. The van der Waals surface area contributed by atoms with Crippen LogP contribution in [0.4, 0.5) is 10.1 Å². The molecule has 2 heterocycles. The molecule has 3 nitrogen and oxygen atoms in total. The molecule has 0 spiro atoms. The summed E-state index contributed by atoms with van der Waals surface area (Å²) < 4.78 is 19.5. The second-order valence-corrected chi connectivity index (χ2v) is 7.00. The molecular weight excluding hydrogens is 341 g/mol. The van der Waals surface area contributed by atoms with Gasteiger partial charge in [0.05, 0.1) is 11.3 Å². The van der Waals surface area contributed by atoms with Crippen molar-refractivity contribution in [3.63, 3.8) is 0 Å². The van der Waals surface area contributed by atoms with Gasteiger partial charge in [-0.15, -0.1) is 0 Å². The number of carbonyl (C=O) groups excluding carboxylic acids is 1. The molecule has 0 aliphatic carbocycles. The van der Waals surface area contributed by atoms with Crippen LogP contribution in [0.5, 0.6) is 0 Å². The van der Waals surface area contributed by atoms with Crippen LogP contribution in [0.25, 0.3) is 11.1 Å². The largest absolute Gasteiger partial charge is 0.482 e. The summed E-state index contributed by atoms with van der Waals surface area (Å²) in [6, 6.07) is 11.7. The Hall–Kier alpha value is -2.59. The van der Waals surface area contributed by atoms with Crippen molar-refractivity contribution >= 4 is 34.3 Å². The third-order valence-electron chi connectivity index (χ3n) is 4.40. The topological polar surface area (TPSA) is 38.3 Å². The summed E-state index contributed by atoms with van der Waals surface area (Å²) in [5, 5.41) is 3.32. The first-order chi connectivity index (χ1) is 11.8. The monoisotopic (exact) mass is 355 g/mol. The van der Waals surface area contributed by atoms with E-state index in [1.54, 1.807) is 6.07 Å². The molecule has 2 aliphatic heterocycles. The van der Waals surface area contributed by atoms with E-state index in [0.29, 0.717) is 27.6 Å². The molecule has 0 saturated carbocycles. The van der Waals surface area contributed by atoms with Crippen LogP contribution in [0.3, 0.4) is 0 Å². The van der Waals surface area contributed by atoms with Crippen LogP contribution >= 0.6 is 11.6 Å². The van der Waals surface area contributed by atoms with Gasteiger partial charge in [-0.05, 0) is 55.8 Å². The molecule has 2 aliphatic rings. The second-order valence-electron chi connectivity index (χ2n) is 6.56. The van der Waals surface area contributed by atoms with Crippen LogP contribution in [0.1, 0.15) is 25.0 Å². The Balaban J connectivity index is 1.88. The van der Waals surface area contributed by atoms with Gasteiger partial charge in [0.2, 0.25) is 0 Å². The zero-order chi connectivity index (χ0) is 17.8. The Morgan fingerprint density at radius 1 is 1.16 bits per heavy atom. The normalized spacial score (nSPS) is 20.8. The third-order valence-corrected chi connectivity index (χ3v) is 4.63. The van der Waals surface area contributed by atoms with Crippen LogP contribution in [0, 0.1) is 5.82 Å². The van der Waals surface area contributed by atoms with Gasteiger partial charge >= 0.3 is 0 Å². The molecule has 0 aromatic heterocycles. The number of hydrogen-bond donors (Lipinski definition) is 1. The minimum absolute atomic E-state index is 0.296. The fraction of sp³-hybridized carbons (Fsp3) is 0.150. The van der Waals surface area contributed by atoms with E-state index in [4.69, 9.17) is 16.3 Å². The van der Waals surface area contributed by atoms with Gasteiger partial charge in [0.25, 0.3) is 5.91 Å². The first-order valence-electron chi connectivity index (χ1n) is 7.88. The van der Waals surface area contributed by atoms with Crippen molar-refractivity contribution in [3.8, 4) is 0 Å². The minimum atomic E-state index is -0.615. The van der Waals surface area contributed by atoms with Gasteiger partial charge in [-0.2, -0.15) is 0 Å². The lowest BCUT2D eigenvalue weighted by atomic mass is 9.92. The van der Waals surface area contributed by atoms with Crippen molar-refractivity contribution in [3.05, 3.63) is 76.3 Å². The molecule has 2 aromatic carbocycles. The lowest BCUT2D eigenvalue weighted by molar-refractivity contribution is -0.111. The second kappa shape index (κ2) is 5.46. The Labute approximate surface area is 149 Å². The summed E-state index contributed by atoms with van der Waals surface area (Å²) in [5.41, 5.74) is 2.77. The van der Waals surface area contributed by atoms with E-state index in [-0.39, 0.29) is 5.91 Å². The standard InChI is InChI=1S/C20H15ClFNO2/c1-20(2)15(11-4-3-5-12(21)8-11)10-17(25-20)18-14-7-6-13(22)9-16(14)23-19(18)24/h3-10H,1-2H3,(H,23,24). The fourth-order valence-electron chi connectivity index (χ4n) is 3.26. The molecule has 25 heavy (non-hydrogen) atoms. The fourth-order valence-corrected chi connectivity index (χ4v) is 3.45. The third kappa shape index (κ3) is 2.63. The summed E-state index contributed by atoms with van der Waals surface area (Å²) in [6.45, 7) is 3.87. The molecule has 2 aromatic rings. The molecule has 4 rings (SSSR count). The summed E-state index contributed by atoms with van der Waals surface area (Å²) in [5.74, 6) is -0.217. The number of amides is 1. The molecular formula is C20H15ClFNO2. The Morgan fingerprint density at radius 2 is 1.96 bits per heavy atom. The van der Waals surface area contributed by atoms with Crippen molar-refractivity contribution in [1.29, 1.82) is 0 Å². The quantitative estimate of drug-likeness (QED) is 0.728. The number of benzene rings is 2. The molecule has 0 saturated heterocycles. The Morgan fingerprint density at radius 3 is 2.72 bits per heavy atom. The zero-order valence-corrected chi connectivity index (χ0v) is 14.4. The van der Waals surface area contributed by atoms with E-state index < -0.39 is 11.4 Å². The highest BCUT2D eigenvalue weighted by atomic mass is 35.5. The number of fused-ring (bicyclic) bond motifs is 1. The molecule has 1 amide bonds. The molecule has 126 valence electrons. The van der Waals surface area contributed by atoms with Gasteiger partial charge in [0.15, 0.2) is 0 Å². The van der Waals surface area contributed by atoms with E-state index in [1.807, 2.05) is 44.2 Å². The highest BCUT2D eigenvalue weighted by Crippen LogP contribution is 2.44. The van der Waals surface area contributed by atoms with Gasteiger partial charge in [-0.3, -0.25) is 4.79 Å². The summed E-state index contributed by atoms with van der Waals surface area (Å²) in [6.07, 6.45) is 1.86. The van der Waals surface area contributed by atoms with Crippen LogP contribution in [-0.4, -0.2) is 11.5 Å². The predicted octanol–water partition coefficient (Wildman–Crippen LogP) is 5.03. The number of hydrogen-bond acceptors (Lipinski definition) is 2. The molecule has 0 bridgehead atoms. The van der Waals surface area contributed by atoms with Crippen molar-refractivity contribution in [2.45, 2.75) is 19.4 Å². The molecule has 0 radical (unpaired) electrons. The highest BCUT2D eigenvalue weighted by molar-refractivity contribution is 6.32. The smallest absolute Gasteiger partial charge is 0.260 e. The van der Waals surface area contributed by atoms with Gasteiger partial charge in [-0.1, -0.05) is 23.7 Å². The maximum absolute atomic E-state index is 13.4. The average Bonchev–Trinajstić information content (AvgIpc) is 3.02. The zero-order valence-electron chi connectivity index (χ0n) is 13.7. The summed E-state index contributed by atoms with van der Waals surface area (Å²) >= 11 is 6.11. The van der Waals surface area contributed by atoms with Gasteiger partial charge in [-0.25, -0.2) is 4.39 Å². The number of anilines is 1. The van der Waals surface area contributed by atoms with E-state index in [9.17, 15) is 9.18 Å². The van der Waals surface area contributed by atoms with E-state index in [1.165, 1.54) is 12.1 Å². The Kier molecular flexibility index (Phi) is 3.48. The lowest BCUT2D eigenvalue weighted by Gasteiger charge is -2.23. The number of carbonyl (C=O) groups is 1. The number of rotatable bonds is 1. The van der Waals surface area contributed by atoms with E-state index in [0.717, 1.165) is 11.1 Å². The molecule has 0 unspecified atom stereocenters. The first kappa shape index (κ1) is 15.9. The number of nitrogens with one attached hydrogen (secondary N) is 1. The maximum Gasteiger partial charge on any atom is 0.260 e. The van der Waals surface area contributed by atoms with Crippen LogP contribution < -0.4 is 5.32 Å². The van der Waals surface area contributed by atoms with Crippen LogP contribution in [0.15, 0.2) is 54.3 Å². The maximum atomic E-state index is 13.4. The molecule has 1 N–H and O–H groups in total. The summed E-state index contributed by atoms with van der Waals surface area (Å²) in [7, 11) is 0. The van der Waals surface area contributed by atoms with Gasteiger partial charge in [0, 0.05) is 16.2 Å². The van der Waals surface area contributed by atoms with Crippen molar-refractivity contribution < 1.29 is 13.9 Å². The highest BCUT2D eigenvalue weighted by Gasteiger charge is 2.38. The predicted molar refractivity (Wildman–Crippen MR) is 96.5 cm³/mol. The van der Waals surface area contributed by atoms with E-state index in [2.05, 4.69) is 5.32 Å². The van der Waals surface area contributed by atoms with Gasteiger partial charge < -0.3 is 10.1 Å². The van der Waals surface area contributed by atoms with Crippen molar-refractivity contribution in [1.82, 2.24) is 0 Å². The van der Waals surface area contributed by atoms with Crippen LogP contribution in [0.2, 0.25) is 5.02 Å². The SMILES string of the molecule is CC1(C)OC(=C2C(=O)Nc3cc(F)ccc32)C=C1c1cccc(Cl)c1. The number of halogens is 2. The lowest BCUT2D eigenvalue weighted by Crippen LogP contribution is -2.21. The van der Waals surface area contributed by atoms with Crippen LogP contribution in [-0.2, 0) is 9.53 Å². The molecule has 0 fully saturated rings. The summed E-state index contributed by atoms with van der Waals surface area (Å²) in [4.78, 5) is 12.4. The van der Waals surface area contributed by atoms with E-state index >= 15 is 0 Å². The number of ether oxygens (including phenoxy) is 1. The number of allylic oxidation sites excluding steroid dienone is 1. The van der Waals surface area contributed by atoms with Crippen molar-refractivity contribution in [2.75, 3.05) is 5.32 Å². The first-order valence-corrected chi connectivity index (χ1v) is 8.26. The Bertz CT molecular complexity index is 975. The van der Waals surface area contributed by atoms with Crippen molar-refractivity contribution in [2.24, 2.45) is 0 Å². The molecule has 0 atom stereocenters. The minimum Gasteiger partial charge on any atom is -0.482 e. The van der Waals surface area contributed by atoms with Gasteiger partial charge in [0.1, 0.15) is 17.2 Å².